The minimum atomic E-state index is -1.38. The zero-order valence-corrected chi connectivity index (χ0v) is 15.8. The van der Waals surface area contributed by atoms with Crippen molar-refractivity contribution in [3.8, 4) is 5.75 Å². The van der Waals surface area contributed by atoms with E-state index >= 15 is 0 Å². The van der Waals surface area contributed by atoms with E-state index in [-0.39, 0.29) is 0 Å². The average Bonchev–Trinajstić information content (AvgIpc) is 2.61. The second-order valence-corrected chi connectivity index (χ2v) is 7.16. The highest BCUT2D eigenvalue weighted by Crippen LogP contribution is 2.47. The number of benzene rings is 2. The summed E-state index contributed by atoms with van der Waals surface area (Å²) in [5.74, 6) is -0.671. The van der Waals surface area contributed by atoms with Crippen molar-refractivity contribution in [1.29, 1.82) is 0 Å². The molecule has 0 saturated carbocycles. The highest BCUT2D eigenvalue weighted by Gasteiger charge is 2.45. The standard InChI is InChI=1S/C20H22ClNO4/c1-20(13-7-5-4-6-8-13)17-14(11-12-22(2)3)15(21)9-10-16(17)25-19(26-20)18(23)24/h4-10,19H,11-12H2,1-3H3,(H,23,24). The highest BCUT2D eigenvalue weighted by atomic mass is 35.5. The molecule has 0 spiro atoms. The third-order valence-corrected chi connectivity index (χ3v) is 4.96. The van der Waals surface area contributed by atoms with Gasteiger partial charge in [0.2, 0.25) is 0 Å². The number of halogens is 1. The molecule has 0 aromatic heterocycles. The molecule has 26 heavy (non-hydrogen) atoms. The van der Waals surface area contributed by atoms with Crippen LogP contribution >= 0.6 is 11.6 Å². The Bertz CT molecular complexity index is 809. The van der Waals surface area contributed by atoms with Crippen LogP contribution in [0.3, 0.4) is 0 Å². The van der Waals surface area contributed by atoms with E-state index < -0.39 is 17.9 Å². The Kier molecular flexibility index (Phi) is 5.23. The summed E-state index contributed by atoms with van der Waals surface area (Å²) in [6, 6.07) is 13.0. The fourth-order valence-corrected chi connectivity index (χ4v) is 3.54. The van der Waals surface area contributed by atoms with Crippen LogP contribution in [0.4, 0.5) is 0 Å². The van der Waals surface area contributed by atoms with Gasteiger partial charge in [0.1, 0.15) is 11.4 Å². The number of likely N-dealkylation sites (N-methyl/N-ethyl adjacent to an activating group) is 1. The Morgan fingerprint density at radius 1 is 1.23 bits per heavy atom. The zero-order valence-electron chi connectivity index (χ0n) is 15.0. The van der Waals surface area contributed by atoms with Gasteiger partial charge in [-0.05, 0) is 50.7 Å². The van der Waals surface area contributed by atoms with Crippen molar-refractivity contribution < 1.29 is 19.4 Å². The summed E-state index contributed by atoms with van der Waals surface area (Å²) in [7, 11) is 3.99. The Hall–Kier alpha value is -2.08. The molecule has 0 amide bonds. The molecule has 1 aliphatic rings. The summed E-state index contributed by atoms with van der Waals surface area (Å²) < 4.78 is 11.6. The summed E-state index contributed by atoms with van der Waals surface area (Å²) in [5, 5.41) is 10.1. The van der Waals surface area contributed by atoms with Gasteiger partial charge < -0.3 is 19.5 Å². The van der Waals surface area contributed by atoms with E-state index in [9.17, 15) is 9.90 Å². The second kappa shape index (κ2) is 7.27. The van der Waals surface area contributed by atoms with Gasteiger partial charge in [0.15, 0.2) is 0 Å². The van der Waals surface area contributed by atoms with Crippen molar-refractivity contribution in [3.05, 3.63) is 64.2 Å². The fraction of sp³-hybridized carbons (Fsp3) is 0.350. The molecule has 0 bridgehead atoms. The van der Waals surface area contributed by atoms with Crippen molar-refractivity contribution >= 4 is 17.6 Å². The van der Waals surface area contributed by atoms with Gasteiger partial charge in [-0.2, -0.15) is 0 Å². The average molecular weight is 376 g/mol. The van der Waals surface area contributed by atoms with Crippen molar-refractivity contribution in [3.63, 3.8) is 0 Å². The summed E-state index contributed by atoms with van der Waals surface area (Å²) in [4.78, 5) is 13.6. The SMILES string of the molecule is CN(C)CCc1c(Cl)ccc2c1C(C)(c1ccccc1)OC(C(=O)O)O2. The van der Waals surface area contributed by atoms with E-state index in [0.717, 1.165) is 23.2 Å². The number of ether oxygens (including phenoxy) is 2. The Labute approximate surface area is 158 Å². The van der Waals surface area contributed by atoms with Crippen molar-refractivity contribution in [1.82, 2.24) is 4.90 Å². The van der Waals surface area contributed by atoms with Gasteiger partial charge in [0.05, 0.1) is 0 Å². The number of rotatable bonds is 5. The number of carboxylic acid groups (broad SMARTS) is 1. The van der Waals surface area contributed by atoms with Gasteiger partial charge in [0.25, 0.3) is 6.29 Å². The first-order valence-electron chi connectivity index (χ1n) is 8.42. The lowest BCUT2D eigenvalue weighted by Crippen LogP contribution is -2.45. The zero-order chi connectivity index (χ0) is 18.9. The Balaban J connectivity index is 2.20. The number of carbonyl (C=O) groups is 1. The van der Waals surface area contributed by atoms with E-state index in [1.54, 1.807) is 12.1 Å². The molecule has 6 heteroatoms. The Morgan fingerprint density at radius 2 is 1.92 bits per heavy atom. The fourth-order valence-electron chi connectivity index (χ4n) is 3.28. The first kappa shape index (κ1) is 18.7. The van der Waals surface area contributed by atoms with Gasteiger partial charge in [-0.25, -0.2) is 4.79 Å². The van der Waals surface area contributed by atoms with Crippen LogP contribution in [-0.2, 0) is 21.6 Å². The predicted octanol–water partition coefficient (Wildman–Crippen LogP) is 3.53. The normalized spacial score (nSPS) is 22.0. The van der Waals surface area contributed by atoms with E-state index in [2.05, 4.69) is 4.90 Å². The van der Waals surface area contributed by atoms with Crippen molar-refractivity contribution in [2.24, 2.45) is 0 Å². The van der Waals surface area contributed by atoms with Gasteiger partial charge in [-0.1, -0.05) is 41.9 Å². The minimum Gasteiger partial charge on any atom is -0.477 e. The van der Waals surface area contributed by atoms with Crippen LogP contribution in [0, 0.1) is 0 Å². The Morgan fingerprint density at radius 3 is 2.54 bits per heavy atom. The van der Waals surface area contributed by atoms with Gasteiger partial charge in [-0.3, -0.25) is 0 Å². The monoisotopic (exact) mass is 375 g/mol. The minimum absolute atomic E-state index is 0.494. The number of nitrogens with zero attached hydrogens (tertiary/aromatic N) is 1. The highest BCUT2D eigenvalue weighted by molar-refractivity contribution is 6.31. The molecular formula is C20H22ClNO4. The number of fused-ring (bicyclic) bond motifs is 1. The molecule has 1 aliphatic heterocycles. The number of hydrogen-bond acceptors (Lipinski definition) is 4. The van der Waals surface area contributed by atoms with Crippen LogP contribution in [0.15, 0.2) is 42.5 Å². The molecule has 5 nitrogen and oxygen atoms in total. The van der Waals surface area contributed by atoms with Crippen LogP contribution in [0.25, 0.3) is 0 Å². The maximum absolute atomic E-state index is 11.6. The molecule has 2 aromatic carbocycles. The van der Waals surface area contributed by atoms with E-state index in [1.165, 1.54) is 0 Å². The molecule has 0 saturated heterocycles. The molecule has 3 rings (SSSR count). The maximum atomic E-state index is 11.6. The lowest BCUT2D eigenvalue weighted by molar-refractivity contribution is -0.201. The van der Waals surface area contributed by atoms with E-state index in [1.807, 2.05) is 51.4 Å². The molecule has 1 N–H and O–H groups in total. The van der Waals surface area contributed by atoms with Crippen molar-refractivity contribution in [2.75, 3.05) is 20.6 Å². The lowest BCUT2D eigenvalue weighted by Gasteiger charge is -2.40. The molecule has 138 valence electrons. The van der Waals surface area contributed by atoms with Crippen molar-refractivity contribution in [2.45, 2.75) is 25.2 Å². The van der Waals surface area contributed by atoms with E-state index in [4.69, 9.17) is 21.1 Å². The van der Waals surface area contributed by atoms with Crippen LogP contribution in [0.2, 0.25) is 5.02 Å². The predicted molar refractivity (Wildman–Crippen MR) is 99.7 cm³/mol. The molecule has 2 aromatic rings. The number of carboxylic acids is 1. The summed E-state index contributed by atoms with van der Waals surface area (Å²) in [6.07, 6.45) is -0.683. The molecule has 0 aliphatic carbocycles. The van der Waals surface area contributed by atoms with Crippen LogP contribution < -0.4 is 4.74 Å². The molecule has 2 atom stereocenters. The largest absolute Gasteiger partial charge is 0.477 e. The lowest BCUT2D eigenvalue weighted by atomic mass is 9.82. The summed E-state index contributed by atoms with van der Waals surface area (Å²) in [5.41, 5.74) is 1.57. The van der Waals surface area contributed by atoms with E-state index in [0.29, 0.717) is 17.2 Å². The molecule has 2 unspecified atom stereocenters. The molecule has 0 fully saturated rings. The molecule has 1 heterocycles. The quantitative estimate of drug-likeness (QED) is 0.866. The topological polar surface area (TPSA) is 59.0 Å². The number of hydrogen-bond donors (Lipinski definition) is 1. The van der Waals surface area contributed by atoms with Crippen LogP contribution in [0.1, 0.15) is 23.6 Å². The van der Waals surface area contributed by atoms with Gasteiger partial charge in [0, 0.05) is 17.1 Å². The first-order valence-corrected chi connectivity index (χ1v) is 8.80. The molecular weight excluding hydrogens is 354 g/mol. The number of aliphatic carboxylic acids is 1. The third-order valence-electron chi connectivity index (χ3n) is 4.61. The van der Waals surface area contributed by atoms with Gasteiger partial charge in [-0.15, -0.1) is 0 Å². The first-order chi connectivity index (χ1) is 12.3. The molecule has 0 radical (unpaired) electrons. The van der Waals surface area contributed by atoms with Gasteiger partial charge >= 0.3 is 5.97 Å². The smallest absolute Gasteiger partial charge is 0.373 e. The summed E-state index contributed by atoms with van der Waals surface area (Å²) in [6.45, 7) is 2.67. The maximum Gasteiger partial charge on any atom is 0.373 e. The van der Waals surface area contributed by atoms with Crippen LogP contribution in [0.5, 0.6) is 5.75 Å². The summed E-state index contributed by atoms with van der Waals surface area (Å²) >= 11 is 6.51. The third kappa shape index (κ3) is 3.43. The van der Waals surface area contributed by atoms with Crippen LogP contribution in [-0.4, -0.2) is 42.9 Å². The second-order valence-electron chi connectivity index (χ2n) is 6.76.